The fourth-order valence-electron chi connectivity index (χ4n) is 3.57. The van der Waals surface area contributed by atoms with Crippen LogP contribution in [0.3, 0.4) is 0 Å². The summed E-state index contributed by atoms with van der Waals surface area (Å²) in [5, 5.41) is 6.85. The number of nitrogens with zero attached hydrogens (tertiary/aromatic N) is 2. The van der Waals surface area contributed by atoms with Crippen molar-refractivity contribution in [2.24, 2.45) is 10.9 Å². The molecule has 5 heteroatoms. The molecule has 1 aliphatic carbocycles. The summed E-state index contributed by atoms with van der Waals surface area (Å²) in [5.41, 5.74) is 0.217. The van der Waals surface area contributed by atoms with Crippen molar-refractivity contribution in [3.63, 3.8) is 0 Å². The summed E-state index contributed by atoms with van der Waals surface area (Å²) < 4.78 is 5.39. The monoisotopic (exact) mass is 340 g/mol. The number of aliphatic imine (C=N–C) groups is 1. The van der Waals surface area contributed by atoms with Gasteiger partial charge in [0.25, 0.3) is 0 Å². The van der Waals surface area contributed by atoms with Crippen molar-refractivity contribution in [3.8, 4) is 0 Å². The van der Waals surface area contributed by atoms with Gasteiger partial charge in [-0.3, -0.25) is 4.99 Å². The topological polar surface area (TPSA) is 48.9 Å². The molecular weight excluding hydrogens is 300 g/mol. The van der Waals surface area contributed by atoms with Gasteiger partial charge < -0.3 is 20.3 Å². The molecule has 1 rings (SSSR count). The minimum absolute atomic E-state index is 0.217. The van der Waals surface area contributed by atoms with Crippen LogP contribution < -0.4 is 10.6 Å². The zero-order valence-corrected chi connectivity index (χ0v) is 16.7. The fourth-order valence-corrected chi connectivity index (χ4v) is 3.57. The Hall–Kier alpha value is -0.810. The Labute approximate surface area is 149 Å². The third kappa shape index (κ3) is 7.39. The van der Waals surface area contributed by atoms with E-state index in [-0.39, 0.29) is 5.54 Å². The van der Waals surface area contributed by atoms with E-state index in [1.54, 1.807) is 0 Å². The summed E-state index contributed by atoms with van der Waals surface area (Å²) in [6, 6.07) is 0. The molecule has 0 aromatic rings. The van der Waals surface area contributed by atoms with Crippen molar-refractivity contribution in [1.82, 2.24) is 15.5 Å². The lowest BCUT2D eigenvalue weighted by molar-refractivity contribution is 0.0845. The molecule has 2 atom stereocenters. The fraction of sp³-hybridized carbons (Fsp3) is 0.947. The van der Waals surface area contributed by atoms with Gasteiger partial charge in [0.1, 0.15) is 0 Å². The van der Waals surface area contributed by atoms with Gasteiger partial charge in [-0.1, -0.05) is 19.8 Å². The van der Waals surface area contributed by atoms with Crippen molar-refractivity contribution in [2.75, 3.05) is 46.9 Å². The lowest BCUT2D eigenvalue weighted by Gasteiger charge is -2.44. The van der Waals surface area contributed by atoms with E-state index in [4.69, 9.17) is 9.73 Å². The maximum Gasteiger partial charge on any atom is 0.191 e. The van der Waals surface area contributed by atoms with Crippen LogP contribution in [0.25, 0.3) is 0 Å². The number of likely N-dealkylation sites (N-methyl/N-ethyl adjacent to an activating group) is 1. The van der Waals surface area contributed by atoms with Crippen LogP contribution in [0.15, 0.2) is 4.99 Å². The van der Waals surface area contributed by atoms with Gasteiger partial charge in [0, 0.05) is 31.8 Å². The highest BCUT2D eigenvalue weighted by Gasteiger charge is 2.36. The van der Waals surface area contributed by atoms with Crippen LogP contribution in [0.4, 0.5) is 0 Å². The number of hydrogen-bond donors (Lipinski definition) is 2. The molecule has 24 heavy (non-hydrogen) atoms. The summed E-state index contributed by atoms with van der Waals surface area (Å²) in [5.74, 6) is 1.75. The van der Waals surface area contributed by atoms with E-state index >= 15 is 0 Å². The molecular formula is C19H40N4O. The largest absolute Gasteiger partial charge is 0.382 e. The molecule has 2 N–H and O–H groups in total. The first-order valence-corrected chi connectivity index (χ1v) is 9.81. The Morgan fingerprint density at radius 2 is 2.04 bits per heavy atom. The molecule has 0 aliphatic heterocycles. The highest BCUT2D eigenvalue weighted by atomic mass is 16.5. The number of guanidine groups is 1. The highest BCUT2D eigenvalue weighted by molar-refractivity contribution is 5.79. The third-order valence-electron chi connectivity index (χ3n) is 5.10. The van der Waals surface area contributed by atoms with Gasteiger partial charge in [0.15, 0.2) is 5.96 Å². The zero-order valence-electron chi connectivity index (χ0n) is 16.7. The predicted octanol–water partition coefficient (Wildman–Crippen LogP) is 2.87. The van der Waals surface area contributed by atoms with Crippen LogP contribution in [-0.2, 0) is 4.74 Å². The van der Waals surface area contributed by atoms with E-state index in [1.165, 1.54) is 25.7 Å². The SMILES string of the molecule is CCNC(=NCC1(N(C)C)CCCC(C)C1)NCCCCOCC. The van der Waals surface area contributed by atoms with Gasteiger partial charge in [0.05, 0.1) is 6.54 Å². The average molecular weight is 341 g/mol. The van der Waals surface area contributed by atoms with Crippen molar-refractivity contribution in [2.45, 2.75) is 64.8 Å². The molecule has 5 nitrogen and oxygen atoms in total. The van der Waals surface area contributed by atoms with E-state index in [0.717, 1.165) is 57.6 Å². The van der Waals surface area contributed by atoms with Crippen LogP contribution >= 0.6 is 0 Å². The Morgan fingerprint density at radius 1 is 1.25 bits per heavy atom. The van der Waals surface area contributed by atoms with Crippen molar-refractivity contribution in [1.29, 1.82) is 0 Å². The first-order chi connectivity index (χ1) is 11.5. The molecule has 0 spiro atoms. The maximum absolute atomic E-state index is 5.39. The smallest absolute Gasteiger partial charge is 0.191 e. The predicted molar refractivity (Wildman–Crippen MR) is 104 cm³/mol. The quantitative estimate of drug-likeness (QED) is 0.365. The molecule has 2 unspecified atom stereocenters. The Balaban J connectivity index is 2.52. The first kappa shape index (κ1) is 21.2. The summed E-state index contributed by atoms with van der Waals surface area (Å²) in [6.45, 7) is 10.9. The minimum Gasteiger partial charge on any atom is -0.382 e. The molecule has 0 heterocycles. The van der Waals surface area contributed by atoms with Crippen LogP contribution in [0.1, 0.15) is 59.3 Å². The Bertz CT molecular complexity index is 359. The van der Waals surface area contributed by atoms with E-state index < -0.39 is 0 Å². The zero-order chi connectivity index (χ0) is 17.8. The molecule has 142 valence electrons. The van der Waals surface area contributed by atoms with Gasteiger partial charge >= 0.3 is 0 Å². The van der Waals surface area contributed by atoms with Crippen molar-refractivity contribution >= 4 is 5.96 Å². The average Bonchev–Trinajstić information content (AvgIpc) is 2.55. The number of rotatable bonds is 10. The van der Waals surface area contributed by atoms with Crippen LogP contribution in [-0.4, -0.2) is 63.3 Å². The number of ether oxygens (including phenoxy) is 1. The lowest BCUT2D eigenvalue weighted by Crippen LogP contribution is -2.51. The summed E-state index contributed by atoms with van der Waals surface area (Å²) in [6.07, 6.45) is 7.38. The molecule has 0 aromatic carbocycles. The summed E-state index contributed by atoms with van der Waals surface area (Å²) >= 11 is 0. The van der Waals surface area contributed by atoms with Crippen LogP contribution in [0.5, 0.6) is 0 Å². The van der Waals surface area contributed by atoms with Gasteiger partial charge in [-0.2, -0.15) is 0 Å². The number of unbranched alkanes of at least 4 members (excludes halogenated alkanes) is 1. The normalized spacial score (nSPS) is 25.1. The Kier molecular flexibility index (Phi) is 10.3. The molecule has 1 fully saturated rings. The van der Waals surface area contributed by atoms with Crippen LogP contribution in [0, 0.1) is 5.92 Å². The van der Waals surface area contributed by atoms with Gasteiger partial charge in [0.2, 0.25) is 0 Å². The molecule has 0 saturated heterocycles. The second-order valence-electron chi connectivity index (χ2n) is 7.35. The van der Waals surface area contributed by atoms with Crippen molar-refractivity contribution < 1.29 is 4.74 Å². The molecule has 1 saturated carbocycles. The molecule has 0 aromatic heterocycles. The Morgan fingerprint density at radius 3 is 2.67 bits per heavy atom. The van der Waals surface area contributed by atoms with E-state index in [1.807, 2.05) is 6.92 Å². The molecule has 0 bridgehead atoms. The second kappa shape index (κ2) is 11.7. The summed E-state index contributed by atoms with van der Waals surface area (Å²) in [7, 11) is 4.42. The molecule has 0 radical (unpaired) electrons. The molecule has 1 aliphatic rings. The van der Waals surface area contributed by atoms with E-state index in [9.17, 15) is 0 Å². The molecule has 0 amide bonds. The van der Waals surface area contributed by atoms with Gasteiger partial charge in [-0.25, -0.2) is 0 Å². The number of nitrogens with one attached hydrogen (secondary N) is 2. The van der Waals surface area contributed by atoms with Crippen molar-refractivity contribution in [3.05, 3.63) is 0 Å². The first-order valence-electron chi connectivity index (χ1n) is 9.81. The second-order valence-corrected chi connectivity index (χ2v) is 7.35. The lowest BCUT2D eigenvalue weighted by atomic mass is 9.75. The standard InChI is InChI=1S/C19H40N4O/c1-6-20-18(21-13-8-9-14-24-7-2)22-16-19(23(4)5)12-10-11-17(3)15-19/h17H,6-16H2,1-5H3,(H2,20,21,22). The van der Waals surface area contributed by atoms with Crippen LogP contribution in [0.2, 0.25) is 0 Å². The maximum atomic E-state index is 5.39. The van der Waals surface area contributed by atoms with Gasteiger partial charge in [-0.05, 0) is 59.5 Å². The van der Waals surface area contributed by atoms with E-state index in [2.05, 4.69) is 43.5 Å². The number of hydrogen-bond acceptors (Lipinski definition) is 3. The third-order valence-corrected chi connectivity index (χ3v) is 5.10. The highest BCUT2D eigenvalue weighted by Crippen LogP contribution is 2.35. The van der Waals surface area contributed by atoms with E-state index in [0.29, 0.717) is 0 Å². The minimum atomic E-state index is 0.217. The summed E-state index contributed by atoms with van der Waals surface area (Å²) in [4.78, 5) is 7.32. The van der Waals surface area contributed by atoms with Gasteiger partial charge in [-0.15, -0.1) is 0 Å².